The van der Waals surface area contributed by atoms with Gasteiger partial charge < -0.3 is 15.4 Å². The van der Waals surface area contributed by atoms with E-state index in [-0.39, 0.29) is 24.0 Å². The number of benzene rings is 1. The maximum atomic E-state index is 11.9. The third-order valence-electron chi connectivity index (χ3n) is 3.37. The number of amides is 2. The normalized spacial score (nSPS) is 21.7. The standard InChI is InChI=1S/C14H18N2O3/c1-19-13(17)11-8-5-9-12(11)16-14(18)15-10-6-3-2-4-7-10/h2-4,6-7,11-12H,5,8-9H2,1H3,(H2,15,16,18)/t11-,12+/m0/s1. The zero-order valence-corrected chi connectivity index (χ0v) is 10.9. The topological polar surface area (TPSA) is 67.4 Å². The Morgan fingerprint density at radius 1 is 1.21 bits per heavy atom. The number of para-hydroxylation sites is 1. The Balaban J connectivity index is 1.90. The molecule has 1 fully saturated rings. The van der Waals surface area contributed by atoms with Crippen LogP contribution in [-0.4, -0.2) is 25.2 Å². The van der Waals surface area contributed by atoms with Gasteiger partial charge in [-0.2, -0.15) is 0 Å². The molecule has 0 aromatic heterocycles. The zero-order valence-electron chi connectivity index (χ0n) is 10.9. The average molecular weight is 262 g/mol. The molecule has 1 aliphatic rings. The molecule has 2 N–H and O–H groups in total. The van der Waals surface area contributed by atoms with Gasteiger partial charge in [-0.3, -0.25) is 4.79 Å². The van der Waals surface area contributed by atoms with E-state index in [2.05, 4.69) is 10.6 Å². The van der Waals surface area contributed by atoms with Crippen LogP contribution in [0, 0.1) is 5.92 Å². The number of methoxy groups -OCH3 is 1. The van der Waals surface area contributed by atoms with Crippen molar-refractivity contribution in [2.24, 2.45) is 5.92 Å². The highest BCUT2D eigenvalue weighted by Gasteiger charge is 2.34. The van der Waals surface area contributed by atoms with Crippen LogP contribution in [0.4, 0.5) is 10.5 Å². The van der Waals surface area contributed by atoms with Crippen molar-refractivity contribution < 1.29 is 14.3 Å². The smallest absolute Gasteiger partial charge is 0.319 e. The maximum absolute atomic E-state index is 11.9. The van der Waals surface area contributed by atoms with Crippen LogP contribution in [0.2, 0.25) is 0 Å². The number of hydrogen-bond donors (Lipinski definition) is 2. The van der Waals surface area contributed by atoms with E-state index in [4.69, 9.17) is 4.74 Å². The molecule has 0 spiro atoms. The minimum Gasteiger partial charge on any atom is -0.469 e. The summed E-state index contributed by atoms with van der Waals surface area (Å²) in [5.74, 6) is -0.478. The van der Waals surface area contributed by atoms with Crippen LogP contribution in [0.3, 0.4) is 0 Å². The van der Waals surface area contributed by atoms with Gasteiger partial charge in [0.05, 0.1) is 13.0 Å². The van der Waals surface area contributed by atoms with Crippen LogP contribution in [-0.2, 0) is 9.53 Å². The summed E-state index contributed by atoms with van der Waals surface area (Å²) in [6, 6.07) is 8.78. The van der Waals surface area contributed by atoms with Crippen LogP contribution in [0.15, 0.2) is 30.3 Å². The second-order valence-corrected chi connectivity index (χ2v) is 4.63. The molecule has 2 rings (SSSR count). The summed E-state index contributed by atoms with van der Waals surface area (Å²) in [7, 11) is 1.38. The van der Waals surface area contributed by atoms with E-state index >= 15 is 0 Å². The fourth-order valence-corrected chi connectivity index (χ4v) is 2.42. The van der Waals surface area contributed by atoms with E-state index in [0.717, 1.165) is 24.9 Å². The van der Waals surface area contributed by atoms with Crippen molar-refractivity contribution in [3.8, 4) is 0 Å². The largest absolute Gasteiger partial charge is 0.469 e. The number of hydrogen-bond acceptors (Lipinski definition) is 3. The van der Waals surface area contributed by atoms with Crippen molar-refractivity contribution >= 4 is 17.7 Å². The average Bonchev–Trinajstić information content (AvgIpc) is 2.87. The molecule has 0 bridgehead atoms. The van der Waals surface area contributed by atoms with E-state index in [1.54, 1.807) is 0 Å². The quantitative estimate of drug-likeness (QED) is 0.820. The highest BCUT2D eigenvalue weighted by Crippen LogP contribution is 2.26. The molecule has 0 saturated heterocycles. The van der Waals surface area contributed by atoms with Crippen LogP contribution in [0.25, 0.3) is 0 Å². The van der Waals surface area contributed by atoms with Gasteiger partial charge in [0.25, 0.3) is 0 Å². The molecular weight excluding hydrogens is 244 g/mol. The van der Waals surface area contributed by atoms with Gasteiger partial charge >= 0.3 is 12.0 Å². The molecular formula is C14H18N2O3. The molecule has 5 nitrogen and oxygen atoms in total. The molecule has 102 valence electrons. The predicted molar refractivity (Wildman–Crippen MR) is 71.7 cm³/mol. The van der Waals surface area contributed by atoms with Gasteiger partial charge in [0.2, 0.25) is 0 Å². The Kier molecular flexibility index (Phi) is 4.39. The Labute approximate surface area is 112 Å². The van der Waals surface area contributed by atoms with Crippen LogP contribution < -0.4 is 10.6 Å². The fraction of sp³-hybridized carbons (Fsp3) is 0.429. The lowest BCUT2D eigenvalue weighted by molar-refractivity contribution is -0.145. The maximum Gasteiger partial charge on any atom is 0.319 e. The van der Waals surface area contributed by atoms with E-state index < -0.39 is 0 Å². The highest BCUT2D eigenvalue weighted by atomic mass is 16.5. The number of anilines is 1. The highest BCUT2D eigenvalue weighted by molar-refractivity contribution is 5.89. The number of esters is 1. The molecule has 0 radical (unpaired) electrons. The van der Waals surface area contributed by atoms with Gasteiger partial charge in [-0.25, -0.2) is 4.79 Å². The lowest BCUT2D eigenvalue weighted by Crippen LogP contribution is -2.42. The Bertz CT molecular complexity index is 447. The minimum absolute atomic E-state index is 0.142. The minimum atomic E-state index is -0.285. The molecule has 5 heteroatoms. The van der Waals surface area contributed by atoms with Crippen molar-refractivity contribution in [1.29, 1.82) is 0 Å². The van der Waals surface area contributed by atoms with Gasteiger partial charge in [0.15, 0.2) is 0 Å². The lowest BCUT2D eigenvalue weighted by Gasteiger charge is -2.19. The van der Waals surface area contributed by atoms with Gasteiger partial charge in [0.1, 0.15) is 0 Å². The molecule has 1 aromatic rings. The molecule has 2 amide bonds. The van der Waals surface area contributed by atoms with Crippen LogP contribution >= 0.6 is 0 Å². The summed E-state index contributed by atoms with van der Waals surface area (Å²) < 4.78 is 4.75. The molecule has 0 heterocycles. The molecule has 2 atom stereocenters. The van der Waals surface area contributed by atoms with E-state index in [1.165, 1.54) is 7.11 Å². The van der Waals surface area contributed by atoms with Crippen molar-refractivity contribution in [2.45, 2.75) is 25.3 Å². The second-order valence-electron chi connectivity index (χ2n) is 4.63. The zero-order chi connectivity index (χ0) is 13.7. The first-order valence-electron chi connectivity index (χ1n) is 6.41. The molecule has 19 heavy (non-hydrogen) atoms. The predicted octanol–water partition coefficient (Wildman–Crippen LogP) is 2.15. The van der Waals surface area contributed by atoms with Crippen molar-refractivity contribution in [3.63, 3.8) is 0 Å². The summed E-state index contributed by atoms with van der Waals surface area (Å²) in [6.07, 6.45) is 2.50. The third kappa shape index (κ3) is 3.47. The summed E-state index contributed by atoms with van der Waals surface area (Å²) in [4.78, 5) is 23.4. The molecule has 0 unspecified atom stereocenters. The molecule has 1 saturated carbocycles. The van der Waals surface area contributed by atoms with E-state index in [1.807, 2.05) is 30.3 Å². The number of ether oxygens (including phenoxy) is 1. The first-order valence-corrected chi connectivity index (χ1v) is 6.41. The van der Waals surface area contributed by atoms with Crippen molar-refractivity contribution in [2.75, 3.05) is 12.4 Å². The van der Waals surface area contributed by atoms with E-state index in [9.17, 15) is 9.59 Å². The van der Waals surface area contributed by atoms with Crippen LogP contribution in [0.1, 0.15) is 19.3 Å². The Morgan fingerprint density at radius 3 is 2.63 bits per heavy atom. The van der Waals surface area contributed by atoms with Gasteiger partial charge in [-0.05, 0) is 25.0 Å². The van der Waals surface area contributed by atoms with Crippen LogP contribution in [0.5, 0.6) is 0 Å². The van der Waals surface area contributed by atoms with Gasteiger partial charge in [0, 0.05) is 11.7 Å². The Morgan fingerprint density at radius 2 is 1.95 bits per heavy atom. The summed E-state index contributed by atoms with van der Waals surface area (Å²) in [5, 5.41) is 5.59. The number of rotatable bonds is 3. The van der Waals surface area contributed by atoms with E-state index in [0.29, 0.717) is 0 Å². The fourth-order valence-electron chi connectivity index (χ4n) is 2.42. The monoisotopic (exact) mass is 262 g/mol. The second kappa shape index (κ2) is 6.22. The van der Waals surface area contributed by atoms with Gasteiger partial charge in [-0.15, -0.1) is 0 Å². The number of urea groups is 1. The summed E-state index contributed by atoms with van der Waals surface area (Å²) in [6.45, 7) is 0. The van der Waals surface area contributed by atoms with Gasteiger partial charge in [-0.1, -0.05) is 24.6 Å². The molecule has 1 aromatic carbocycles. The van der Waals surface area contributed by atoms with Crippen molar-refractivity contribution in [1.82, 2.24) is 5.32 Å². The summed E-state index contributed by atoms with van der Waals surface area (Å²) in [5.41, 5.74) is 0.729. The Hall–Kier alpha value is -2.04. The number of carbonyl (C=O) groups excluding carboxylic acids is 2. The number of carbonyl (C=O) groups is 2. The first-order chi connectivity index (χ1) is 9.20. The number of nitrogens with one attached hydrogen (secondary N) is 2. The molecule has 1 aliphatic carbocycles. The van der Waals surface area contributed by atoms with Crippen molar-refractivity contribution in [3.05, 3.63) is 30.3 Å². The third-order valence-corrected chi connectivity index (χ3v) is 3.37. The lowest BCUT2D eigenvalue weighted by atomic mass is 10.0. The SMILES string of the molecule is COC(=O)[C@H]1CCC[C@H]1NC(=O)Nc1ccccc1. The first kappa shape index (κ1) is 13.4. The molecule has 0 aliphatic heterocycles. The summed E-state index contributed by atoms with van der Waals surface area (Å²) >= 11 is 0.